The van der Waals surface area contributed by atoms with Gasteiger partial charge in [0.05, 0.1) is 12.6 Å². The van der Waals surface area contributed by atoms with Gasteiger partial charge >= 0.3 is 0 Å². The van der Waals surface area contributed by atoms with Crippen molar-refractivity contribution in [1.29, 1.82) is 0 Å². The SMILES string of the molecule is COc1ccc2nc(-c3nn4c(-c5ccc6c(c5)OCO6)nnc4s3)ccc2c1. The molecule has 4 heterocycles. The average Bonchev–Trinajstić information content (AvgIpc) is 3.47. The van der Waals surface area contributed by atoms with Gasteiger partial charge in [-0.05, 0) is 42.5 Å². The first-order valence-electron chi connectivity index (χ1n) is 8.86. The minimum atomic E-state index is 0.231. The van der Waals surface area contributed by atoms with Gasteiger partial charge in [-0.2, -0.15) is 9.61 Å². The van der Waals surface area contributed by atoms with Crippen molar-refractivity contribution >= 4 is 27.2 Å². The Hall–Kier alpha value is -3.72. The number of fused-ring (bicyclic) bond motifs is 3. The van der Waals surface area contributed by atoms with Crippen molar-refractivity contribution < 1.29 is 14.2 Å². The van der Waals surface area contributed by atoms with E-state index in [0.29, 0.717) is 16.5 Å². The maximum atomic E-state index is 5.46. The van der Waals surface area contributed by atoms with Gasteiger partial charge in [0.1, 0.15) is 11.4 Å². The normalized spacial score (nSPS) is 12.7. The van der Waals surface area contributed by atoms with Crippen LogP contribution in [-0.4, -0.2) is 38.7 Å². The Kier molecular flexibility index (Phi) is 3.44. The first-order chi connectivity index (χ1) is 14.3. The molecule has 0 saturated carbocycles. The number of pyridine rings is 1. The molecule has 29 heavy (non-hydrogen) atoms. The highest BCUT2D eigenvalue weighted by atomic mass is 32.1. The van der Waals surface area contributed by atoms with E-state index in [4.69, 9.17) is 24.3 Å². The topological polar surface area (TPSA) is 83.7 Å². The van der Waals surface area contributed by atoms with Crippen LogP contribution >= 0.6 is 11.3 Å². The fourth-order valence-corrected chi connectivity index (χ4v) is 4.09. The Morgan fingerprint density at radius 1 is 1.00 bits per heavy atom. The van der Waals surface area contributed by atoms with Crippen LogP contribution in [0.2, 0.25) is 0 Å². The molecule has 142 valence electrons. The highest BCUT2D eigenvalue weighted by Crippen LogP contribution is 2.36. The van der Waals surface area contributed by atoms with E-state index in [1.54, 1.807) is 11.6 Å². The van der Waals surface area contributed by atoms with Gasteiger partial charge in [0.25, 0.3) is 0 Å². The first kappa shape index (κ1) is 16.3. The van der Waals surface area contributed by atoms with Crippen LogP contribution in [0.5, 0.6) is 17.2 Å². The fourth-order valence-electron chi connectivity index (χ4n) is 3.29. The average molecular weight is 403 g/mol. The van der Waals surface area contributed by atoms with Crippen molar-refractivity contribution in [3.8, 4) is 39.3 Å². The van der Waals surface area contributed by atoms with Gasteiger partial charge in [-0.1, -0.05) is 17.4 Å². The van der Waals surface area contributed by atoms with Crippen molar-refractivity contribution in [2.75, 3.05) is 13.9 Å². The summed E-state index contributed by atoms with van der Waals surface area (Å²) in [6, 6.07) is 15.4. The predicted octanol–water partition coefficient (Wildman–Crippen LogP) is 3.81. The van der Waals surface area contributed by atoms with Crippen LogP contribution in [0, 0.1) is 0 Å². The Bertz CT molecular complexity index is 1390. The fraction of sp³-hybridized carbons (Fsp3) is 0.100. The quantitative estimate of drug-likeness (QED) is 0.453. The van der Waals surface area contributed by atoms with Crippen LogP contribution in [0.15, 0.2) is 48.5 Å². The van der Waals surface area contributed by atoms with Crippen molar-refractivity contribution in [3.05, 3.63) is 48.5 Å². The van der Waals surface area contributed by atoms with E-state index in [1.807, 2.05) is 48.5 Å². The van der Waals surface area contributed by atoms with E-state index in [-0.39, 0.29) is 6.79 Å². The second-order valence-electron chi connectivity index (χ2n) is 6.45. The van der Waals surface area contributed by atoms with E-state index in [1.165, 1.54) is 11.3 Å². The summed E-state index contributed by atoms with van der Waals surface area (Å²) < 4.78 is 17.8. The predicted molar refractivity (Wildman–Crippen MR) is 108 cm³/mol. The molecule has 6 rings (SSSR count). The zero-order valence-corrected chi connectivity index (χ0v) is 16.0. The van der Waals surface area contributed by atoms with Crippen molar-refractivity contribution in [3.63, 3.8) is 0 Å². The molecule has 5 aromatic rings. The van der Waals surface area contributed by atoms with Crippen LogP contribution in [0.25, 0.3) is 38.0 Å². The molecular formula is C20H13N5O3S. The summed E-state index contributed by atoms with van der Waals surface area (Å²) in [5.41, 5.74) is 2.53. The Balaban J connectivity index is 1.43. The lowest BCUT2D eigenvalue weighted by Gasteiger charge is -2.03. The molecule has 0 aliphatic carbocycles. The summed E-state index contributed by atoms with van der Waals surface area (Å²) in [7, 11) is 1.65. The molecule has 0 unspecified atom stereocenters. The number of ether oxygens (including phenoxy) is 3. The molecule has 2 aromatic carbocycles. The van der Waals surface area contributed by atoms with Crippen molar-refractivity contribution in [2.24, 2.45) is 0 Å². The van der Waals surface area contributed by atoms with Crippen LogP contribution in [0.1, 0.15) is 0 Å². The molecule has 0 amide bonds. The van der Waals surface area contributed by atoms with Crippen LogP contribution in [-0.2, 0) is 0 Å². The number of hydrogen-bond acceptors (Lipinski definition) is 8. The largest absolute Gasteiger partial charge is 0.497 e. The van der Waals surface area contributed by atoms with Crippen molar-refractivity contribution in [2.45, 2.75) is 0 Å². The molecule has 1 aliphatic heterocycles. The minimum Gasteiger partial charge on any atom is -0.497 e. The molecule has 3 aromatic heterocycles. The maximum Gasteiger partial charge on any atom is 0.235 e. The summed E-state index contributed by atoms with van der Waals surface area (Å²) in [6.45, 7) is 0.231. The number of methoxy groups -OCH3 is 1. The minimum absolute atomic E-state index is 0.231. The maximum absolute atomic E-state index is 5.46. The second kappa shape index (κ2) is 6.14. The summed E-state index contributed by atoms with van der Waals surface area (Å²) >= 11 is 1.44. The Morgan fingerprint density at radius 2 is 1.93 bits per heavy atom. The zero-order chi connectivity index (χ0) is 19.4. The van der Waals surface area contributed by atoms with E-state index in [9.17, 15) is 0 Å². The van der Waals surface area contributed by atoms with E-state index < -0.39 is 0 Å². The molecule has 0 bridgehead atoms. The lowest BCUT2D eigenvalue weighted by atomic mass is 10.2. The Morgan fingerprint density at radius 3 is 2.86 bits per heavy atom. The zero-order valence-electron chi connectivity index (χ0n) is 15.2. The van der Waals surface area contributed by atoms with Gasteiger partial charge in [-0.25, -0.2) is 4.98 Å². The van der Waals surface area contributed by atoms with Gasteiger partial charge in [-0.15, -0.1) is 10.2 Å². The molecule has 0 N–H and O–H groups in total. The summed E-state index contributed by atoms with van der Waals surface area (Å²) in [5, 5.41) is 15.0. The third-order valence-electron chi connectivity index (χ3n) is 4.74. The third-order valence-corrected chi connectivity index (χ3v) is 5.66. The summed E-state index contributed by atoms with van der Waals surface area (Å²) in [6.07, 6.45) is 0. The van der Waals surface area contributed by atoms with E-state index >= 15 is 0 Å². The monoisotopic (exact) mass is 403 g/mol. The van der Waals surface area contributed by atoms with Gasteiger partial charge in [0, 0.05) is 10.9 Å². The van der Waals surface area contributed by atoms with Gasteiger partial charge in [0.2, 0.25) is 11.8 Å². The molecule has 0 saturated heterocycles. The Labute approximate surface area is 168 Å². The van der Waals surface area contributed by atoms with Crippen LogP contribution in [0.3, 0.4) is 0 Å². The van der Waals surface area contributed by atoms with Crippen molar-refractivity contribution in [1.82, 2.24) is 24.8 Å². The number of aromatic nitrogens is 5. The highest BCUT2D eigenvalue weighted by Gasteiger charge is 2.19. The molecule has 0 atom stereocenters. The molecule has 0 spiro atoms. The standard InChI is InChI=1S/C20H13N5O3S/c1-26-13-4-6-14-11(8-13)2-5-15(21-14)19-24-25-18(22-23-20(25)29-19)12-3-7-16-17(9-12)28-10-27-16/h2-9H,10H2,1H3. The second-order valence-corrected chi connectivity index (χ2v) is 7.40. The van der Waals surface area contributed by atoms with E-state index in [2.05, 4.69) is 10.2 Å². The lowest BCUT2D eigenvalue weighted by molar-refractivity contribution is 0.174. The van der Waals surface area contributed by atoms with E-state index in [0.717, 1.165) is 38.7 Å². The van der Waals surface area contributed by atoms with Crippen LogP contribution < -0.4 is 14.2 Å². The first-order valence-corrected chi connectivity index (χ1v) is 9.67. The van der Waals surface area contributed by atoms with Gasteiger partial charge in [0.15, 0.2) is 22.3 Å². The summed E-state index contributed by atoms with van der Waals surface area (Å²) in [5.74, 6) is 2.87. The number of nitrogens with zero attached hydrogens (tertiary/aromatic N) is 5. The molecule has 8 nitrogen and oxygen atoms in total. The smallest absolute Gasteiger partial charge is 0.235 e. The number of hydrogen-bond donors (Lipinski definition) is 0. The van der Waals surface area contributed by atoms with Crippen LogP contribution in [0.4, 0.5) is 0 Å². The lowest BCUT2D eigenvalue weighted by Crippen LogP contribution is -1.93. The van der Waals surface area contributed by atoms with Gasteiger partial charge in [-0.3, -0.25) is 0 Å². The van der Waals surface area contributed by atoms with Gasteiger partial charge < -0.3 is 14.2 Å². The highest BCUT2D eigenvalue weighted by molar-refractivity contribution is 7.19. The third kappa shape index (κ3) is 2.59. The molecule has 0 radical (unpaired) electrons. The molecule has 9 heteroatoms. The molecular weight excluding hydrogens is 390 g/mol. The number of benzene rings is 2. The molecule has 1 aliphatic rings. The molecule has 0 fully saturated rings. The summed E-state index contributed by atoms with van der Waals surface area (Å²) in [4.78, 5) is 5.44. The number of rotatable bonds is 3.